The van der Waals surface area contributed by atoms with Crippen LogP contribution >= 0.6 is 0 Å². The molecule has 2 heterocycles. The lowest BCUT2D eigenvalue weighted by molar-refractivity contribution is -0.0540. The van der Waals surface area contributed by atoms with Gasteiger partial charge in [0.2, 0.25) is 0 Å². The Morgan fingerprint density at radius 2 is 1.86 bits per heavy atom. The number of ether oxygens (including phenoxy) is 1. The molecule has 2 saturated heterocycles. The van der Waals surface area contributed by atoms with Crippen LogP contribution < -0.4 is 0 Å². The lowest BCUT2D eigenvalue weighted by Gasteiger charge is -2.44. The molecular weight excluding hydrogens is 352 g/mol. The van der Waals surface area contributed by atoms with Crippen LogP contribution in [0, 0.1) is 18.3 Å². The Labute approximate surface area is 165 Å². The van der Waals surface area contributed by atoms with Gasteiger partial charge in [0.15, 0.2) is 0 Å². The Hall–Kier alpha value is -2.84. The number of amides is 1. The molecule has 2 atom stereocenters. The van der Waals surface area contributed by atoms with Gasteiger partial charge in [0, 0.05) is 24.9 Å². The highest BCUT2D eigenvalue weighted by Gasteiger charge is 2.51. The number of fused-ring (bicyclic) bond motifs is 2. The van der Waals surface area contributed by atoms with Crippen molar-refractivity contribution in [2.45, 2.75) is 56.9 Å². The van der Waals surface area contributed by atoms with Crippen molar-refractivity contribution in [1.82, 2.24) is 4.90 Å². The third-order valence-corrected chi connectivity index (χ3v) is 6.14. The van der Waals surface area contributed by atoms with Crippen molar-refractivity contribution in [3.05, 3.63) is 70.8 Å². The average molecular weight is 376 g/mol. The summed E-state index contributed by atoms with van der Waals surface area (Å²) in [5.74, 6) is 0. The van der Waals surface area contributed by atoms with Crippen LogP contribution in [0.2, 0.25) is 0 Å². The second-order valence-electron chi connectivity index (χ2n) is 7.86. The van der Waals surface area contributed by atoms with Gasteiger partial charge in [-0.3, -0.25) is 0 Å². The Kier molecular flexibility index (Phi) is 4.82. The van der Waals surface area contributed by atoms with E-state index in [0.29, 0.717) is 18.4 Å². The summed E-state index contributed by atoms with van der Waals surface area (Å²) in [5, 5.41) is 20.8. The third kappa shape index (κ3) is 3.25. The highest BCUT2D eigenvalue weighted by molar-refractivity contribution is 5.69. The van der Waals surface area contributed by atoms with E-state index in [2.05, 4.69) is 6.07 Å². The molecule has 2 aliphatic rings. The molecule has 2 fully saturated rings. The molecule has 0 spiro atoms. The molecule has 5 nitrogen and oxygen atoms in total. The van der Waals surface area contributed by atoms with Crippen molar-refractivity contribution in [3.8, 4) is 6.07 Å². The molecule has 2 aliphatic heterocycles. The lowest BCUT2D eigenvalue weighted by atomic mass is 9.78. The van der Waals surface area contributed by atoms with Crippen LogP contribution in [-0.2, 0) is 16.9 Å². The lowest BCUT2D eigenvalue weighted by Crippen LogP contribution is -2.52. The fourth-order valence-corrected chi connectivity index (χ4v) is 4.80. The van der Waals surface area contributed by atoms with Crippen molar-refractivity contribution >= 4 is 6.09 Å². The first-order valence-electron chi connectivity index (χ1n) is 9.73. The van der Waals surface area contributed by atoms with E-state index in [9.17, 15) is 15.2 Å². The number of carbonyl (C=O) groups excluding carboxylic acids is 1. The molecule has 28 heavy (non-hydrogen) atoms. The van der Waals surface area contributed by atoms with Crippen molar-refractivity contribution in [2.75, 3.05) is 0 Å². The summed E-state index contributed by atoms with van der Waals surface area (Å²) in [5.41, 5.74) is 2.16. The number of nitriles is 1. The number of benzene rings is 2. The average Bonchev–Trinajstić information content (AvgIpc) is 2.99. The summed E-state index contributed by atoms with van der Waals surface area (Å²) in [6.45, 7) is 2.14. The smallest absolute Gasteiger partial charge is 0.410 e. The van der Waals surface area contributed by atoms with Crippen LogP contribution in [0.5, 0.6) is 0 Å². The molecular formula is C23H24N2O3. The minimum Gasteiger partial charge on any atom is -0.445 e. The molecule has 2 aromatic rings. The number of carbonyl (C=O) groups is 1. The molecule has 0 saturated carbocycles. The molecule has 4 rings (SSSR count). The third-order valence-electron chi connectivity index (χ3n) is 6.14. The Bertz CT molecular complexity index is 905. The van der Waals surface area contributed by atoms with Gasteiger partial charge in [0.25, 0.3) is 0 Å². The molecule has 2 aromatic carbocycles. The van der Waals surface area contributed by atoms with Gasteiger partial charge in [-0.05, 0) is 42.5 Å². The number of piperidine rings is 1. The van der Waals surface area contributed by atoms with Crippen LogP contribution in [-0.4, -0.2) is 28.2 Å². The van der Waals surface area contributed by atoms with Crippen LogP contribution in [0.1, 0.15) is 47.9 Å². The fourth-order valence-electron chi connectivity index (χ4n) is 4.80. The number of hydrogen-bond acceptors (Lipinski definition) is 4. The Balaban J connectivity index is 1.50. The summed E-state index contributed by atoms with van der Waals surface area (Å²) < 4.78 is 5.54. The molecule has 1 amide bonds. The summed E-state index contributed by atoms with van der Waals surface area (Å²) in [4.78, 5) is 14.5. The van der Waals surface area contributed by atoms with Gasteiger partial charge in [-0.15, -0.1) is 0 Å². The summed E-state index contributed by atoms with van der Waals surface area (Å²) in [6, 6.07) is 17.2. The van der Waals surface area contributed by atoms with Crippen molar-refractivity contribution in [1.29, 1.82) is 5.26 Å². The zero-order valence-electron chi connectivity index (χ0n) is 16.0. The topological polar surface area (TPSA) is 73.6 Å². The summed E-state index contributed by atoms with van der Waals surface area (Å²) in [6.07, 6.45) is 2.37. The van der Waals surface area contributed by atoms with Gasteiger partial charge in [0.05, 0.1) is 17.2 Å². The van der Waals surface area contributed by atoms with E-state index in [-0.39, 0.29) is 24.8 Å². The molecule has 144 valence electrons. The molecule has 2 unspecified atom stereocenters. The minimum atomic E-state index is -1.01. The molecule has 2 bridgehead atoms. The van der Waals surface area contributed by atoms with Crippen LogP contribution in [0.25, 0.3) is 0 Å². The SMILES string of the molecule is Cc1c(C#N)cccc1C1(O)CC2CCC(C1)N2C(=O)OCc1ccccc1. The first-order chi connectivity index (χ1) is 13.5. The van der Waals surface area contributed by atoms with E-state index >= 15 is 0 Å². The quantitative estimate of drug-likeness (QED) is 0.878. The Morgan fingerprint density at radius 1 is 1.18 bits per heavy atom. The van der Waals surface area contributed by atoms with Gasteiger partial charge in [0.1, 0.15) is 6.61 Å². The van der Waals surface area contributed by atoms with Crippen LogP contribution in [0.4, 0.5) is 4.79 Å². The maximum Gasteiger partial charge on any atom is 0.410 e. The maximum atomic E-state index is 12.7. The second-order valence-corrected chi connectivity index (χ2v) is 7.86. The van der Waals surface area contributed by atoms with Crippen LogP contribution in [0.3, 0.4) is 0 Å². The Morgan fingerprint density at radius 3 is 2.50 bits per heavy atom. The molecule has 0 aromatic heterocycles. The minimum absolute atomic E-state index is 0.0443. The molecule has 0 aliphatic carbocycles. The first kappa shape index (κ1) is 18.5. The first-order valence-corrected chi connectivity index (χ1v) is 9.73. The van der Waals surface area contributed by atoms with Gasteiger partial charge in [-0.25, -0.2) is 4.79 Å². The van der Waals surface area contributed by atoms with Gasteiger partial charge >= 0.3 is 6.09 Å². The summed E-state index contributed by atoms with van der Waals surface area (Å²) >= 11 is 0. The number of aliphatic hydroxyl groups is 1. The zero-order chi connectivity index (χ0) is 19.7. The number of rotatable bonds is 3. The highest BCUT2D eigenvalue weighted by atomic mass is 16.6. The van der Waals surface area contributed by atoms with Gasteiger partial charge in [-0.1, -0.05) is 42.5 Å². The predicted octanol–water partition coefficient (Wildman–Crippen LogP) is 4.02. The molecule has 1 N–H and O–H groups in total. The fraction of sp³-hybridized carbons (Fsp3) is 0.391. The van der Waals surface area contributed by atoms with E-state index in [0.717, 1.165) is 29.5 Å². The molecule has 5 heteroatoms. The van der Waals surface area contributed by atoms with Crippen molar-refractivity contribution < 1.29 is 14.6 Å². The summed E-state index contributed by atoms with van der Waals surface area (Å²) in [7, 11) is 0. The van der Waals surface area contributed by atoms with Gasteiger partial charge < -0.3 is 14.7 Å². The second kappa shape index (κ2) is 7.29. The van der Waals surface area contributed by atoms with E-state index in [1.54, 1.807) is 6.07 Å². The predicted molar refractivity (Wildman–Crippen MR) is 104 cm³/mol. The number of hydrogen-bond donors (Lipinski definition) is 1. The van der Waals surface area contributed by atoms with E-state index in [4.69, 9.17) is 4.74 Å². The normalized spacial score (nSPS) is 26.0. The monoisotopic (exact) mass is 376 g/mol. The van der Waals surface area contributed by atoms with Crippen molar-refractivity contribution in [2.24, 2.45) is 0 Å². The van der Waals surface area contributed by atoms with Crippen LogP contribution in [0.15, 0.2) is 48.5 Å². The van der Waals surface area contributed by atoms with Gasteiger partial charge in [-0.2, -0.15) is 5.26 Å². The van der Waals surface area contributed by atoms with E-state index in [1.807, 2.05) is 54.3 Å². The maximum absolute atomic E-state index is 12.7. The van der Waals surface area contributed by atoms with E-state index in [1.165, 1.54) is 0 Å². The largest absolute Gasteiger partial charge is 0.445 e. The standard InChI is InChI=1S/C23H24N2O3/c1-16-18(14-24)8-5-9-21(16)23(27)12-19-10-11-20(13-23)25(19)22(26)28-15-17-6-3-2-4-7-17/h2-9,19-20,27H,10-13,15H2,1H3. The highest BCUT2D eigenvalue weighted by Crippen LogP contribution is 2.47. The molecule has 0 radical (unpaired) electrons. The number of nitrogens with zero attached hydrogens (tertiary/aromatic N) is 2. The van der Waals surface area contributed by atoms with E-state index < -0.39 is 5.60 Å². The van der Waals surface area contributed by atoms with Crippen molar-refractivity contribution in [3.63, 3.8) is 0 Å². The zero-order valence-corrected chi connectivity index (χ0v) is 16.0.